The molecule has 0 spiro atoms. The van der Waals surface area contributed by atoms with Crippen LogP contribution in [0, 0.1) is 6.92 Å². The first kappa shape index (κ1) is 14.1. The van der Waals surface area contributed by atoms with Gasteiger partial charge in [0, 0.05) is 13.0 Å². The fourth-order valence-corrected chi connectivity index (χ4v) is 2.30. The van der Waals surface area contributed by atoms with Gasteiger partial charge < -0.3 is 9.84 Å². The molecule has 5 nitrogen and oxygen atoms in total. The number of nitrogens with zero attached hydrogens (tertiary/aromatic N) is 1. The molecule has 1 aliphatic rings. The molecule has 20 heavy (non-hydrogen) atoms. The van der Waals surface area contributed by atoms with Gasteiger partial charge in [-0.05, 0) is 18.1 Å². The van der Waals surface area contributed by atoms with Crippen LogP contribution in [0.4, 0.5) is 4.79 Å². The Balaban J connectivity index is 2.21. The lowest BCUT2D eigenvalue weighted by Gasteiger charge is -2.17. The number of methoxy groups -OCH3 is 1. The van der Waals surface area contributed by atoms with E-state index < -0.39 is 18.1 Å². The number of amides is 1. The maximum absolute atomic E-state index is 11.6. The molecule has 1 fully saturated rings. The Kier molecular flexibility index (Phi) is 4.08. The molecule has 2 rings (SSSR count). The molecule has 0 aliphatic carbocycles. The summed E-state index contributed by atoms with van der Waals surface area (Å²) < 4.78 is 4.66. The first-order valence-electron chi connectivity index (χ1n) is 6.35. The largest absolute Gasteiger partial charge is 0.467 e. The highest BCUT2D eigenvalue weighted by molar-refractivity contribution is 5.83. The lowest BCUT2D eigenvalue weighted by atomic mass is 10.1. The van der Waals surface area contributed by atoms with Crippen molar-refractivity contribution in [3.8, 4) is 0 Å². The van der Waals surface area contributed by atoms with E-state index in [0.717, 1.165) is 21.6 Å². The van der Waals surface area contributed by atoms with E-state index >= 15 is 0 Å². The molecule has 106 valence electrons. The molecular formula is C15H17NO4. The Bertz CT molecular complexity index is 547. The summed E-state index contributed by atoms with van der Waals surface area (Å²) in [6.07, 6.45) is 1.21. The molecule has 1 aliphatic heterocycles. The number of hydrogen-bond acceptors (Lipinski definition) is 3. The second kappa shape index (κ2) is 5.77. The van der Waals surface area contributed by atoms with Crippen LogP contribution in [0.5, 0.6) is 0 Å². The minimum atomic E-state index is -1.10. The van der Waals surface area contributed by atoms with Crippen molar-refractivity contribution in [2.24, 2.45) is 0 Å². The normalized spacial score (nSPS) is 20.2. The molecule has 1 saturated heterocycles. The van der Waals surface area contributed by atoms with Gasteiger partial charge in [0.15, 0.2) is 0 Å². The topological polar surface area (TPSA) is 66.8 Å². The van der Waals surface area contributed by atoms with E-state index in [2.05, 4.69) is 4.74 Å². The molecule has 1 amide bonds. The molecule has 1 aromatic carbocycles. The van der Waals surface area contributed by atoms with Crippen LogP contribution in [0.25, 0.3) is 6.08 Å². The average molecular weight is 275 g/mol. The molecule has 1 heterocycles. The summed E-state index contributed by atoms with van der Waals surface area (Å²) in [7, 11) is 1.27. The van der Waals surface area contributed by atoms with Crippen molar-refractivity contribution < 1.29 is 19.4 Å². The van der Waals surface area contributed by atoms with Crippen LogP contribution in [-0.2, 0) is 9.53 Å². The summed E-state index contributed by atoms with van der Waals surface area (Å²) in [6.45, 7) is 2.24. The van der Waals surface area contributed by atoms with E-state index in [9.17, 15) is 9.59 Å². The van der Waals surface area contributed by atoms with Gasteiger partial charge >= 0.3 is 12.1 Å². The molecule has 0 radical (unpaired) electrons. The van der Waals surface area contributed by atoms with E-state index in [1.54, 1.807) is 0 Å². The number of carboxylic acid groups (broad SMARTS) is 1. The third kappa shape index (κ3) is 2.99. The van der Waals surface area contributed by atoms with E-state index in [4.69, 9.17) is 5.11 Å². The van der Waals surface area contributed by atoms with E-state index in [-0.39, 0.29) is 6.54 Å². The first-order valence-corrected chi connectivity index (χ1v) is 6.35. The standard InChI is InChI=1S/C15H17NO4/c1-10-3-5-11(6-4-10)7-12-8-13(14(17)20-2)16(9-12)15(18)19/h3-7,13H,8-9H2,1-2H3,(H,18,19)/t13-/m0/s1. The second-order valence-electron chi connectivity index (χ2n) is 4.87. The van der Waals surface area contributed by atoms with Gasteiger partial charge in [-0.1, -0.05) is 35.9 Å². The molecular weight excluding hydrogens is 258 g/mol. The maximum Gasteiger partial charge on any atom is 0.408 e. The second-order valence-corrected chi connectivity index (χ2v) is 4.87. The van der Waals surface area contributed by atoms with Crippen molar-refractivity contribution in [2.45, 2.75) is 19.4 Å². The number of carbonyl (C=O) groups is 2. The smallest absolute Gasteiger partial charge is 0.408 e. The average Bonchev–Trinajstić information content (AvgIpc) is 2.84. The Morgan fingerprint density at radius 2 is 2.00 bits per heavy atom. The lowest BCUT2D eigenvalue weighted by molar-refractivity contribution is -0.145. The minimum absolute atomic E-state index is 0.239. The zero-order valence-electron chi connectivity index (χ0n) is 11.5. The lowest BCUT2D eigenvalue weighted by Crippen LogP contribution is -2.40. The van der Waals surface area contributed by atoms with Crippen LogP contribution < -0.4 is 0 Å². The molecule has 5 heteroatoms. The number of ether oxygens (including phenoxy) is 1. The number of benzene rings is 1. The summed E-state index contributed by atoms with van der Waals surface area (Å²) in [5, 5.41) is 9.14. The number of hydrogen-bond donors (Lipinski definition) is 1. The van der Waals surface area contributed by atoms with Crippen molar-refractivity contribution in [1.29, 1.82) is 0 Å². The first-order chi connectivity index (χ1) is 9.51. The molecule has 0 unspecified atom stereocenters. The van der Waals surface area contributed by atoms with Gasteiger partial charge in [0.05, 0.1) is 7.11 Å². The van der Waals surface area contributed by atoms with Gasteiger partial charge in [0.1, 0.15) is 6.04 Å². The van der Waals surface area contributed by atoms with Crippen LogP contribution in [0.2, 0.25) is 0 Å². The Labute approximate surface area is 117 Å². The molecule has 0 aromatic heterocycles. The van der Waals surface area contributed by atoms with E-state index in [1.807, 2.05) is 37.3 Å². The molecule has 0 bridgehead atoms. The van der Waals surface area contributed by atoms with E-state index in [1.165, 1.54) is 7.11 Å². The summed E-state index contributed by atoms with van der Waals surface area (Å²) in [5.74, 6) is -0.514. The Hall–Kier alpha value is -2.30. The Morgan fingerprint density at radius 1 is 1.35 bits per heavy atom. The molecule has 1 N–H and O–H groups in total. The van der Waals surface area contributed by atoms with Crippen LogP contribution in [0.15, 0.2) is 29.8 Å². The van der Waals surface area contributed by atoms with Crippen LogP contribution in [-0.4, -0.2) is 41.8 Å². The number of carbonyl (C=O) groups excluding carboxylic acids is 1. The zero-order valence-corrected chi connectivity index (χ0v) is 11.5. The minimum Gasteiger partial charge on any atom is -0.467 e. The van der Waals surface area contributed by atoms with Crippen molar-refractivity contribution in [3.63, 3.8) is 0 Å². The quantitative estimate of drug-likeness (QED) is 0.841. The highest BCUT2D eigenvalue weighted by Gasteiger charge is 2.37. The van der Waals surface area contributed by atoms with Crippen molar-refractivity contribution in [2.75, 3.05) is 13.7 Å². The summed E-state index contributed by atoms with van der Waals surface area (Å²) >= 11 is 0. The Morgan fingerprint density at radius 3 is 2.55 bits per heavy atom. The van der Waals surface area contributed by atoms with Crippen LogP contribution >= 0.6 is 0 Å². The van der Waals surface area contributed by atoms with E-state index in [0.29, 0.717) is 6.42 Å². The van der Waals surface area contributed by atoms with Crippen LogP contribution in [0.3, 0.4) is 0 Å². The fourth-order valence-electron chi connectivity index (χ4n) is 2.30. The predicted octanol–water partition coefficient (Wildman–Crippen LogP) is 2.30. The van der Waals surface area contributed by atoms with Crippen molar-refractivity contribution in [3.05, 3.63) is 41.0 Å². The predicted molar refractivity (Wildman–Crippen MR) is 74.3 cm³/mol. The molecule has 1 atom stereocenters. The van der Waals surface area contributed by atoms with Gasteiger partial charge in [0.2, 0.25) is 0 Å². The van der Waals surface area contributed by atoms with Gasteiger partial charge in [-0.15, -0.1) is 0 Å². The highest BCUT2D eigenvalue weighted by atomic mass is 16.5. The molecule has 0 saturated carbocycles. The number of aryl methyl sites for hydroxylation is 1. The maximum atomic E-state index is 11.6. The van der Waals surface area contributed by atoms with Crippen molar-refractivity contribution in [1.82, 2.24) is 4.90 Å². The van der Waals surface area contributed by atoms with Gasteiger partial charge in [-0.25, -0.2) is 9.59 Å². The number of likely N-dealkylation sites (tertiary alicyclic amines) is 1. The highest BCUT2D eigenvalue weighted by Crippen LogP contribution is 2.25. The summed E-state index contributed by atoms with van der Waals surface area (Å²) in [6, 6.07) is 7.19. The van der Waals surface area contributed by atoms with Gasteiger partial charge in [-0.3, -0.25) is 4.90 Å². The number of rotatable bonds is 2. The summed E-state index contributed by atoms with van der Waals surface area (Å²) in [5.41, 5.74) is 3.08. The molecule has 1 aromatic rings. The van der Waals surface area contributed by atoms with Gasteiger partial charge in [-0.2, -0.15) is 0 Å². The number of esters is 1. The fraction of sp³-hybridized carbons (Fsp3) is 0.333. The SMILES string of the molecule is COC(=O)[C@@H]1CC(=Cc2ccc(C)cc2)CN1C(=O)O. The van der Waals surface area contributed by atoms with Crippen LogP contribution in [0.1, 0.15) is 17.5 Å². The third-order valence-corrected chi connectivity index (χ3v) is 3.37. The van der Waals surface area contributed by atoms with Gasteiger partial charge in [0.25, 0.3) is 0 Å². The third-order valence-electron chi connectivity index (χ3n) is 3.37. The zero-order chi connectivity index (χ0) is 14.7. The summed E-state index contributed by atoms with van der Waals surface area (Å²) in [4.78, 5) is 23.9. The van der Waals surface area contributed by atoms with Crippen molar-refractivity contribution >= 4 is 18.1 Å². The monoisotopic (exact) mass is 275 g/mol.